The first-order chi connectivity index (χ1) is 11.7. The molecule has 1 aliphatic heterocycles. The minimum atomic E-state index is -0.600. The summed E-state index contributed by atoms with van der Waals surface area (Å²) in [5.41, 5.74) is 0.0436. The van der Waals surface area contributed by atoms with E-state index in [2.05, 4.69) is 0 Å². The molecule has 3 heterocycles. The highest BCUT2D eigenvalue weighted by atomic mass is 16.5. The summed E-state index contributed by atoms with van der Waals surface area (Å²) >= 11 is 0. The molecule has 1 aliphatic rings. The molecule has 128 valence electrons. The van der Waals surface area contributed by atoms with Gasteiger partial charge < -0.3 is 18.5 Å². The van der Waals surface area contributed by atoms with E-state index >= 15 is 0 Å². The number of rotatable bonds is 5. The number of nitrogens with zero attached hydrogens (tertiary/aromatic N) is 1. The highest BCUT2D eigenvalue weighted by Crippen LogP contribution is 2.20. The Labute approximate surface area is 140 Å². The fraction of sp³-hybridized carbons (Fsp3) is 0.444. The van der Waals surface area contributed by atoms with Gasteiger partial charge in [-0.1, -0.05) is 0 Å². The highest BCUT2D eigenvalue weighted by Gasteiger charge is 2.20. The first-order valence-corrected chi connectivity index (χ1v) is 8.22. The standard InChI is InChI=1S/C18H21NO5/c1-2-23-18(21)15-12-19(10-13-5-8-22-9-6-13)11-14(17(15)20)16-4-3-7-24-16/h3-4,7,11-13H,2,5-6,8-10H2,1H3. The van der Waals surface area contributed by atoms with E-state index in [1.165, 1.54) is 6.26 Å². The Balaban J connectivity index is 1.98. The largest absolute Gasteiger partial charge is 0.464 e. The predicted molar refractivity (Wildman–Crippen MR) is 87.9 cm³/mol. The average Bonchev–Trinajstić information content (AvgIpc) is 3.12. The molecule has 24 heavy (non-hydrogen) atoms. The summed E-state index contributed by atoms with van der Waals surface area (Å²) in [6, 6.07) is 3.43. The van der Waals surface area contributed by atoms with Gasteiger partial charge in [-0.25, -0.2) is 4.79 Å². The lowest BCUT2D eigenvalue weighted by molar-refractivity contribution is 0.0520. The summed E-state index contributed by atoms with van der Waals surface area (Å²) < 4.78 is 17.7. The van der Waals surface area contributed by atoms with Crippen molar-refractivity contribution in [2.75, 3.05) is 19.8 Å². The molecule has 1 fully saturated rings. The zero-order chi connectivity index (χ0) is 16.9. The molecule has 1 saturated heterocycles. The molecule has 0 amide bonds. The van der Waals surface area contributed by atoms with Crippen LogP contribution in [0, 0.1) is 5.92 Å². The van der Waals surface area contributed by atoms with E-state index in [0.29, 0.717) is 17.2 Å². The lowest BCUT2D eigenvalue weighted by atomic mass is 10.00. The molecule has 0 atom stereocenters. The maximum absolute atomic E-state index is 12.6. The molecule has 2 aromatic heterocycles. The Morgan fingerprint density at radius 3 is 2.79 bits per heavy atom. The smallest absolute Gasteiger partial charge is 0.343 e. The van der Waals surface area contributed by atoms with Crippen molar-refractivity contribution in [2.24, 2.45) is 5.92 Å². The van der Waals surface area contributed by atoms with Crippen molar-refractivity contribution in [2.45, 2.75) is 26.3 Å². The second kappa shape index (κ2) is 7.49. The van der Waals surface area contributed by atoms with E-state index in [9.17, 15) is 9.59 Å². The molecule has 0 N–H and O–H groups in total. The van der Waals surface area contributed by atoms with Gasteiger partial charge in [-0.15, -0.1) is 0 Å². The molecule has 0 saturated carbocycles. The molecule has 0 radical (unpaired) electrons. The third-order valence-electron chi connectivity index (χ3n) is 4.17. The van der Waals surface area contributed by atoms with Crippen LogP contribution in [0.3, 0.4) is 0 Å². The minimum Gasteiger partial charge on any atom is -0.464 e. The molecule has 6 heteroatoms. The van der Waals surface area contributed by atoms with Gasteiger partial charge in [0.05, 0.1) is 18.4 Å². The SMILES string of the molecule is CCOC(=O)c1cn(CC2CCOCC2)cc(-c2ccco2)c1=O. The Bertz CT molecular complexity index is 741. The predicted octanol–water partition coefficient (Wildman–Crippen LogP) is 2.71. The van der Waals surface area contributed by atoms with Crippen LogP contribution < -0.4 is 5.43 Å². The van der Waals surface area contributed by atoms with Crippen LogP contribution in [0.5, 0.6) is 0 Å². The second-order valence-corrected chi connectivity index (χ2v) is 5.86. The first-order valence-electron chi connectivity index (χ1n) is 8.22. The van der Waals surface area contributed by atoms with Gasteiger partial charge in [0.15, 0.2) is 0 Å². The molecule has 0 aliphatic carbocycles. The lowest BCUT2D eigenvalue weighted by Crippen LogP contribution is -2.25. The van der Waals surface area contributed by atoms with Crippen molar-refractivity contribution in [3.63, 3.8) is 0 Å². The molecule has 2 aromatic rings. The number of hydrogen-bond donors (Lipinski definition) is 0. The highest BCUT2D eigenvalue weighted by molar-refractivity contribution is 5.90. The van der Waals surface area contributed by atoms with Gasteiger partial charge in [0.25, 0.3) is 0 Å². The van der Waals surface area contributed by atoms with E-state index in [1.807, 2.05) is 4.57 Å². The Hall–Kier alpha value is -2.34. The van der Waals surface area contributed by atoms with Gasteiger partial charge in [-0.2, -0.15) is 0 Å². The molecular formula is C18H21NO5. The lowest BCUT2D eigenvalue weighted by Gasteiger charge is -2.23. The quantitative estimate of drug-likeness (QED) is 0.788. The van der Waals surface area contributed by atoms with Crippen LogP contribution in [0.2, 0.25) is 0 Å². The van der Waals surface area contributed by atoms with E-state index in [1.54, 1.807) is 31.5 Å². The van der Waals surface area contributed by atoms with Crippen LogP contribution in [-0.4, -0.2) is 30.4 Å². The molecule has 0 unspecified atom stereocenters. The molecule has 0 bridgehead atoms. The van der Waals surface area contributed by atoms with Crippen LogP contribution in [0.15, 0.2) is 40.0 Å². The van der Waals surface area contributed by atoms with Crippen molar-refractivity contribution in [1.29, 1.82) is 0 Å². The van der Waals surface area contributed by atoms with Crippen LogP contribution in [0.4, 0.5) is 0 Å². The average molecular weight is 331 g/mol. The monoisotopic (exact) mass is 331 g/mol. The van der Waals surface area contributed by atoms with E-state index in [0.717, 1.165) is 32.6 Å². The number of pyridine rings is 1. The van der Waals surface area contributed by atoms with Crippen LogP contribution in [0.25, 0.3) is 11.3 Å². The van der Waals surface area contributed by atoms with E-state index in [4.69, 9.17) is 13.9 Å². The number of ether oxygens (including phenoxy) is 2. The molecule has 0 aromatic carbocycles. The summed E-state index contributed by atoms with van der Waals surface area (Å²) in [4.78, 5) is 24.8. The molecule has 3 rings (SSSR count). The second-order valence-electron chi connectivity index (χ2n) is 5.86. The van der Waals surface area contributed by atoms with Gasteiger partial charge in [0.2, 0.25) is 5.43 Å². The Morgan fingerprint density at radius 2 is 2.12 bits per heavy atom. The number of esters is 1. The number of carbonyl (C=O) groups is 1. The van der Waals surface area contributed by atoms with Crippen molar-refractivity contribution in [1.82, 2.24) is 4.57 Å². The van der Waals surface area contributed by atoms with Crippen molar-refractivity contribution in [3.8, 4) is 11.3 Å². The van der Waals surface area contributed by atoms with Crippen LogP contribution in [0.1, 0.15) is 30.1 Å². The summed E-state index contributed by atoms with van der Waals surface area (Å²) in [5.74, 6) is 0.309. The normalized spacial score (nSPS) is 15.4. The van der Waals surface area contributed by atoms with Gasteiger partial charge in [-0.05, 0) is 37.8 Å². The Kier molecular flexibility index (Phi) is 5.15. The minimum absolute atomic E-state index is 0.0396. The number of furan rings is 1. The van der Waals surface area contributed by atoms with Gasteiger partial charge in [-0.3, -0.25) is 4.79 Å². The number of hydrogen-bond acceptors (Lipinski definition) is 5. The van der Waals surface area contributed by atoms with Gasteiger partial charge >= 0.3 is 5.97 Å². The summed E-state index contributed by atoms with van der Waals surface area (Å²) in [6.45, 7) is 4.17. The molecular weight excluding hydrogens is 310 g/mol. The Morgan fingerprint density at radius 1 is 1.33 bits per heavy atom. The fourth-order valence-corrected chi connectivity index (χ4v) is 2.93. The summed E-state index contributed by atoms with van der Waals surface area (Å²) in [6.07, 6.45) is 6.78. The third-order valence-corrected chi connectivity index (χ3v) is 4.17. The fourth-order valence-electron chi connectivity index (χ4n) is 2.93. The van der Waals surface area contributed by atoms with E-state index < -0.39 is 5.97 Å². The summed E-state index contributed by atoms with van der Waals surface area (Å²) in [7, 11) is 0. The zero-order valence-electron chi connectivity index (χ0n) is 13.7. The van der Waals surface area contributed by atoms with E-state index in [-0.39, 0.29) is 17.6 Å². The molecule has 6 nitrogen and oxygen atoms in total. The van der Waals surface area contributed by atoms with Crippen molar-refractivity contribution in [3.05, 3.63) is 46.6 Å². The third kappa shape index (κ3) is 3.59. The van der Waals surface area contributed by atoms with Crippen molar-refractivity contribution < 1.29 is 18.7 Å². The van der Waals surface area contributed by atoms with Crippen LogP contribution >= 0.6 is 0 Å². The zero-order valence-corrected chi connectivity index (χ0v) is 13.7. The topological polar surface area (TPSA) is 70.7 Å². The van der Waals surface area contributed by atoms with Gasteiger partial charge in [0.1, 0.15) is 11.3 Å². The van der Waals surface area contributed by atoms with Crippen LogP contribution in [-0.2, 0) is 16.0 Å². The maximum Gasteiger partial charge on any atom is 0.343 e. The van der Waals surface area contributed by atoms with Gasteiger partial charge in [0, 0.05) is 32.2 Å². The first kappa shape index (κ1) is 16.5. The van der Waals surface area contributed by atoms with Crippen molar-refractivity contribution >= 4 is 5.97 Å². The number of carbonyl (C=O) groups excluding carboxylic acids is 1. The molecule has 0 spiro atoms. The summed E-state index contributed by atoms with van der Waals surface area (Å²) in [5, 5.41) is 0. The maximum atomic E-state index is 12.6. The number of aromatic nitrogens is 1.